The van der Waals surface area contributed by atoms with Crippen LogP contribution in [0.5, 0.6) is 0 Å². The standard InChI is InChI=1S/C11H7Cl2FN4O/c12-8-9(13)16-4-17-10(8)18-11(19)5-1-2-6(14)7(15)3-5/h1-4H,15H2,(H,16,17,18,19). The number of carbonyl (C=O) groups excluding carboxylic acids is 1. The van der Waals surface area contributed by atoms with E-state index in [-0.39, 0.29) is 27.2 Å². The van der Waals surface area contributed by atoms with E-state index in [1.807, 2.05) is 0 Å². The van der Waals surface area contributed by atoms with E-state index in [0.717, 1.165) is 12.4 Å². The molecule has 2 rings (SSSR count). The van der Waals surface area contributed by atoms with E-state index < -0.39 is 11.7 Å². The lowest BCUT2D eigenvalue weighted by molar-refractivity contribution is 0.102. The summed E-state index contributed by atoms with van der Waals surface area (Å²) in [7, 11) is 0. The third-order valence-electron chi connectivity index (χ3n) is 2.24. The third kappa shape index (κ3) is 2.91. The zero-order valence-electron chi connectivity index (χ0n) is 9.32. The average Bonchev–Trinajstić information content (AvgIpc) is 2.38. The molecule has 3 N–H and O–H groups in total. The van der Waals surface area contributed by atoms with Crippen molar-refractivity contribution < 1.29 is 9.18 Å². The number of amides is 1. The molecule has 1 heterocycles. The Balaban J connectivity index is 2.26. The number of aromatic nitrogens is 2. The van der Waals surface area contributed by atoms with Crippen molar-refractivity contribution >= 4 is 40.6 Å². The lowest BCUT2D eigenvalue weighted by Gasteiger charge is -2.07. The number of nitrogen functional groups attached to an aromatic ring is 1. The molecule has 0 spiro atoms. The van der Waals surface area contributed by atoms with Gasteiger partial charge in [0.25, 0.3) is 5.91 Å². The van der Waals surface area contributed by atoms with Gasteiger partial charge in [0.15, 0.2) is 11.0 Å². The number of benzene rings is 1. The van der Waals surface area contributed by atoms with Crippen molar-refractivity contribution in [3.05, 3.63) is 46.1 Å². The molecule has 0 aliphatic rings. The van der Waals surface area contributed by atoms with Crippen LogP contribution in [0.25, 0.3) is 0 Å². The van der Waals surface area contributed by atoms with Gasteiger partial charge in [0.05, 0.1) is 5.69 Å². The normalized spacial score (nSPS) is 10.3. The summed E-state index contributed by atoms with van der Waals surface area (Å²) in [5, 5.41) is 2.47. The Labute approximate surface area is 117 Å². The van der Waals surface area contributed by atoms with Gasteiger partial charge >= 0.3 is 0 Å². The molecule has 0 fully saturated rings. The highest BCUT2D eigenvalue weighted by molar-refractivity contribution is 6.43. The summed E-state index contributed by atoms with van der Waals surface area (Å²) < 4.78 is 13.0. The molecule has 1 aromatic heterocycles. The molecule has 0 unspecified atom stereocenters. The number of nitrogens with one attached hydrogen (secondary N) is 1. The summed E-state index contributed by atoms with van der Waals surface area (Å²) >= 11 is 11.5. The van der Waals surface area contributed by atoms with Gasteiger partial charge in [0.1, 0.15) is 17.2 Å². The molecule has 19 heavy (non-hydrogen) atoms. The number of rotatable bonds is 2. The second-order valence-electron chi connectivity index (χ2n) is 3.52. The number of hydrogen-bond acceptors (Lipinski definition) is 4. The highest BCUT2D eigenvalue weighted by Crippen LogP contribution is 2.25. The molecule has 0 radical (unpaired) electrons. The van der Waals surface area contributed by atoms with Gasteiger partial charge in [-0.15, -0.1) is 0 Å². The van der Waals surface area contributed by atoms with Crippen molar-refractivity contribution in [3.8, 4) is 0 Å². The summed E-state index contributed by atoms with van der Waals surface area (Å²) in [6.45, 7) is 0. The largest absolute Gasteiger partial charge is 0.396 e. The van der Waals surface area contributed by atoms with Gasteiger partial charge in [-0.1, -0.05) is 23.2 Å². The van der Waals surface area contributed by atoms with Crippen LogP contribution in [0.3, 0.4) is 0 Å². The summed E-state index contributed by atoms with van der Waals surface area (Å²) in [5.41, 5.74) is 5.42. The first-order valence-electron chi connectivity index (χ1n) is 5.01. The molecule has 5 nitrogen and oxygen atoms in total. The minimum atomic E-state index is -0.598. The maximum absolute atomic E-state index is 13.0. The van der Waals surface area contributed by atoms with Crippen molar-refractivity contribution in [2.24, 2.45) is 0 Å². The molecule has 0 saturated heterocycles. The van der Waals surface area contributed by atoms with Crippen molar-refractivity contribution in [1.29, 1.82) is 0 Å². The van der Waals surface area contributed by atoms with Gasteiger partial charge in [-0.25, -0.2) is 14.4 Å². The minimum absolute atomic E-state index is 0.0191. The number of anilines is 2. The fourth-order valence-electron chi connectivity index (χ4n) is 1.30. The van der Waals surface area contributed by atoms with E-state index in [1.54, 1.807) is 0 Å². The molecule has 0 aliphatic heterocycles. The third-order valence-corrected chi connectivity index (χ3v) is 2.98. The molecule has 0 saturated carbocycles. The topological polar surface area (TPSA) is 80.9 Å². The maximum Gasteiger partial charge on any atom is 0.256 e. The Kier molecular flexibility index (Phi) is 3.82. The summed E-state index contributed by atoms with van der Waals surface area (Å²) in [6.07, 6.45) is 1.16. The molecule has 98 valence electrons. The van der Waals surface area contributed by atoms with Crippen LogP contribution >= 0.6 is 23.2 Å². The van der Waals surface area contributed by atoms with Gasteiger partial charge in [-0.3, -0.25) is 4.79 Å². The lowest BCUT2D eigenvalue weighted by Crippen LogP contribution is -2.14. The van der Waals surface area contributed by atoms with Crippen LogP contribution in [0.15, 0.2) is 24.5 Å². The van der Waals surface area contributed by atoms with Crippen molar-refractivity contribution in [1.82, 2.24) is 9.97 Å². The number of hydrogen-bond donors (Lipinski definition) is 2. The quantitative estimate of drug-likeness (QED) is 0.660. The zero-order valence-corrected chi connectivity index (χ0v) is 10.8. The number of nitrogens with zero attached hydrogens (tertiary/aromatic N) is 2. The molecule has 0 atom stereocenters. The first-order chi connectivity index (χ1) is 8.99. The van der Waals surface area contributed by atoms with Crippen LogP contribution in [0, 0.1) is 5.82 Å². The SMILES string of the molecule is Nc1cc(C(=O)Nc2ncnc(Cl)c2Cl)ccc1F. The van der Waals surface area contributed by atoms with Crippen LogP contribution in [-0.2, 0) is 0 Å². The van der Waals surface area contributed by atoms with Gasteiger partial charge < -0.3 is 11.1 Å². The van der Waals surface area contributed by atoms with Crippen molar-refractivity contribution in [2.75, 3.05) is 11.1 Å². The van der Waals surface area contributed by atoms with E-state index in [1.165, 1.54) is 12.1 Å². The summed E-state index contributed by atoms with van der Waals surface area (Å²) in [6, 6.07) is 3.60. The predicted octanol–water partition coefficient (Wildman–Crippen LogP) is 2.76. The second-order valence-corrected chi connectivity index (χ2v) is 4.25. The first-order valence-corrected chi connectivity index (χ1v) is 5.77. The lowest BCUT2D eigenvalue weighted by atomic mass is 10.2. The monoisotopic (exact) mass is 300 g/mol. The van der Waals surface area contributed by atoms with E-state index in [4.69, 9.17) is 28.9 Å². The molecule has 1 amide bonds. The fraction of sp³-hybridized carbons (Fsp3) is 0. The van der Waals surface area contributed by atoms with E-state index in [0.29, 0.717) is 0 Å². The van der Waals surface area contributed by atoms with Gasteiger partial charge in [0, 0.05) is 5.56 Å². The Morgan fingerprint density at radius 3 is 2.74 bits per heavy atom. The average molecular weight is 301 g/mol. The van der Waals surface area contributed by atoms with Crippen molar-refractivity contribution in [2.45, 2.75) is 0 Å². The Morgan fingerprint density at radius 1 is 1.32 bits per heavy atom. The van der Waals surface area contributed by atoms with Gasteiger partial charge in [-0.05, 0) is 18.2 Å². The number of carbonyl (C=O) groups is 1. The molecule has 0 bridgehead atoms. The highest BCUT2D eigenvalue weighted by Gasteiger charge is 2.13. The number of halogens is 3. The Hall–Kier alpha value is -1.92. The van der Waals surface area contributed by atoms with Crippen LogP contribution < -0.4 is 11.1 Å². The van der Waals surface area contributed by atoms with Crippen LogP contribution in [-0.4, -0.2) is 15.9 Å². The molecular weight excluding hydrogens is 294 g/mol. The summed E-state index contributed by atoms with van der Waals surface area (Å²) in [4.78, 5) is 19.3. The molecule has 8 heteroatoms. The summed E-state index contributed by atoms with van der Waals surface area (Å²) in [5.74, 6) is -1.07. The zero-order chi connectivity index (χ0) is 14.0. The van der Waals surface area contributed by atoms with E-state index >= 15 is 0 Å². The Morgan fingerprint density at radius 2 is 2.05 bits per heavy atom. The minimum Gasteiger partial charge on any atom is -0.396 e. The molecule has 1 aromatic carbocycles. The number of nitrogens with two attached hydrogens (primary N) is 1. The van der Waals surface area contributed by atoms with E-state index in [2.05, 4.69) is 15.3 Å². The van der Waals surface area contributed by atoms with Crippen LogP contribution in [0.2, 0.25) is 10.2 Å². The highest BCUT2D eigenvalue weighted by atomic mass is 35.5. The fourth-order valence-corrected chi connectivity index (χ4v) is 1.58. The predicted molar refractivity (Wildman–Crippen MR) is 70.8 cm³/mol. The first kappa shape index (κ1) is 13.5. The second kappa shape index (κ2) is 5.38. The van der Waals surface area contributed by atoms with Crippen LogP contribution in [0.1, 0.15) is 10.4 Å². The van der Waals surface area contributed by atoms with Crippen LogP contribution in [0.4, 0.5) is 15.9 Å². The van der Waals surface area contributed by atoms with E-state index in [9.17, 15) is 9.18 Å². The molecule has 2 aromatic rings. The smallest absolute Gasteiger partial charge is 0.256 e. The van der Waals surface area contributed by atoms with Gasteiger partial charge in [0.2, 0.25) is 0 Å². The molecule has 0 aliphatic carbocycles. The van der Waals surface area contributed by atoms with Gasteiger partial charge in [-0.2, -0.15) is 0 Å². The Bertz CT molecular complexity index is 651. The van der Waals surface area contributed by atoms with Crippen molar-refractivity contribution in [3.63, 3.8) is 0 Å². The molecular formula is C11H7Cl2FN4O. The maximum atomic E-state index is 13.0.